The zero-order chi connectivity index (χ0) is 8.55. The quantitative estimate of drug-likeness (QED) is 0.692. The first-order valence-corrected chi connectivity index (χ1v) is 3.86. The Hall–Kier alpha value is -1.35. The van der Waals surface area contributed by atoms with E-state index in [-0.39, 0.29) is 0 Å². The molecule has 0 aliphatic carbocycles. The Labute approximate surface area is 70.2 Å². The first-order valence-electron chi connectivity index (χ1n) is 3.86. The Morgan fingerprint density at radius 2 is 2.33 bits per heavy atom. The third-order valence-corrected chi connectivity index (χ3v) is 1.82. The van der Waals surface area contributed by atoms with Gasteiger partial charge in [0, 0.05) is 19.0 Å². The molecule has 1 aromatic heterocycles. The second kappa shape index (κ2) is 2.60. The van der Waals surface area contributed by atoms with Crippen molar-refractivity contribution in [3.05, 3.63) is 29.7 Å². The molecule has 0 bridgehead atoms. The molecule has 0 radical (unpaired) electrons. The Bertz CT molecular complexity index is 406. The summed E-state index contributed by atoms with van der Waals surface area (Å²) < 4.78 is 5.40. The van der Waals surface area contributed by atoms with E-state index in [1.54, 1.807) is 0 Å². The molecule has 0 saturated heterocycles. The molecule has 2 rings (SSSR count). The number of aryl methyl sites for hydroxylation is 1. The lowest BCUT2D eigenvalue weighted by atomic mass is 10.2. The molecular weight excluding hydrogens is 152 g/mol. The number of rotatable bonds is 1. The number of aromatic nitrogens is 1. The highest BCUT2D eigenvalue weighted by molar-refractivity contribution is 5.76. The lowest BCUT2D eigenvalue weighted by molar-refractivity contribution is 0.557. The summed E-state index contributed by atoms with van der Waals surface area (Å²) in [6.07, 6.45) is 0. The van der Waals surface area contributed by atoms with E-state index < -0.39 is 0 Å². The maximum Gasteiger partial charge on any atom is 0.192 e. The highest BCUT2D eigenvalue weighted by atomic mass is 16.3. The Morgan fingerprint density at radius 3 is 3.08 bits per heavy atom. The third-order valence-electron chi connectivity index (χ3n) is 1.82. The van der Waals surface area contributed by atoms with Crippen molar-refractivity contribution < 1.29 is 4.42 Å². The summed E-state index contributed by atoms with van der Waals surface area (Å²) >= 11 is 0. The van der Waals surface area contributed by atoms with Crippen LogP contribution in [0.4, 0.5) is 0 Å². The SMILES string of the molecule is Cc1nc2cccc(CN)c2o1. The average Bonchev–Trinajstić information content (AvgIpc) is 2.44. The normalized spacial score (nSPS) is 10.8. The van der Waals surface area contributed by atoms with Gasteiger partial charge in [0.25, 0.3) is 0 Å². The predicted molar refractivity (Wildman–Crippen MR) is 46.6 cm³/mol. The van der Waals surface area contributed by atoms with Crippen LogP contribution in [0.3, 0.4) is 0 Å². The molecule has 0 unspecified atom stereocenters. The van der Waals surface area contributed by atoms with Gasteiger partial charge in [-0.2, -0.15) is 0 Å². The minimum Gasteiger partial charge on any atom is -0.441 e. The fraction of sp³-hybridized carbons (Fsp3) is 0.222. The molecule has 0 fully saturated rings. The first kappa shape index (κ1) is 7.31. The molecule has 1 heterocycles. The average molecular weight is 162 g/mol. The molecular formula is C9H10N2O. The topological polar surface area (TPSA) is 52.0 Å². The lowest BCUT2D eigenvalue weighted by Gasteiger charge is -1.94. The number of nitrogens with zero attached hydrogens (tertiary/aromatic N) is 1. The van der Waals surface area contributed by atoms with Crippen LogP contribution in [-0.2, 0) is 6.54 Å². The van der Waals surface area contributed by atoms with Crippen molar-refractivity contribution in [1.29, 1.82) is 0 Å². The highest BCUT2D eigenvalue weighted by Gasteiger charge is 2.04. The maximum atomic E-state index is 5.54. The summed E-state index contributed by atoms with van der Waals surface area (Å²) in [6.45, 7) is 2.33. The molecule has 2 aromatic rings. The summed E-state index contributed by atoms with van der Waals surface area (Å²) in [5, 5.41) is 0. The number of oxazole rings is 1. The van der Waals surface area contributed by atoms with Gasteiger partial charge in [-0.05, 0) is 6.07 Å². The van der Waals surface area contributed by atoms with Gasteiger partial charge in [-0.25, -0.2) is 4.98 Å². The van der Waals surface area contributed by atoms with Gasteiger partial charge >= 0.3 is 0 Å². The van der Waals surface area contributed by atoms with Gasteiger partial charge in [-0.15, -0.1) is 0 Å². The molecule has 0 spiro atoms. The number of para-hydroxylation sites is 1. The molecule has 0 aliphatic heterocycles. The molecule has 62 valence electrons. The van der Waals surface area contributed by atoms with E-state index in [0.717, 1.165) is 16.7 Å². The van der Waals surface area contributed by atoms with Gasteiger partial charge in [0.05, 0.1) is 0 Å². The number of hydrogen-bond acceptors (Lipinski definition) is 3. The van der Waals surface area contributed by atoms with Gasteiger partial charge < -0.3 is 10.2 Å². The van der Waals surface area contributed by atoms with Crippen molar-refractivity contribution in [3.63, 3.8) is 0 Å². The molecule has 12 heavy (non-hydrogen) atoms. The van der Waals surface area contributed by atoms with Crippen LogP contribution in [0.25, 0.3) is 11.1 Å². The van der Waals surface area contributed by atoms with E-state index in [0.29, 0.717) is 12.4 Å². The smallest absolute Gasteiger partial charge is 0.192 e. The molecule has 0 atom stereocenters. The monoisotopic (exact) mass is 162 g/mol. The van der Waals surface area contributed by atoms with Crippen LogP contribution < -0.4 is 5.73 Å². The van der Waals surface area contributed by atoms with E-state index in [9.17, 15) is 0 Å². The number of benzene rings is 1. The minimum atomic E-state index is 0.492. The van der Waals surface area contributed by atoms with Crippen LogP contribution >= 0.6 is 0 Å². The molecule has 3 nitrogen and oxygen atoms in total. The van der Waals surface area contributed by atoms with Crippen LogP contribution in [0.15, 0.2) is 22.6 Å². The van der Waals surface area contributed by atoms with Gasteiger partial charge in [0.1, 0.15) is 5.52 Å². The zero-order valence-corrected chi connectivity index (χ0v) is 6.87. The van der Waals surface area contributed by atoms with Crippen molar-refractivity contribution in [2.45, 2.75) is 13.5 Å². The molecule has 0 amide bonds. The standard InChI is InChI=1S/C9H10N2O/c1-6-11-8-4-2-3-7(5-10)9(8)12-6/h2-4H,5,10H2,1H3. The molecule has 0 saturated carbocycles. The molecule has 0 aliphatic rings. The van der Waals surface area contributed by atoms with E-state index in [1.807, 2.05) is 25.1 Å². The fourth-order valence-electron chi connectivity index (χ4n) is 1.28. The van der Waals surface area contributed by atoms with Crippen molar-refractivity contribution in [2.24, 2.45) is 5.73 Å². The highest BCUT2D eigenvalue weighted by Crippen LogP contribution is 2.18. The first-order chi connectivity index (χ1) is 5.81. The summed E-state index contributed by atoms with van der Waals surface area (Å²) in [5.41, 5.74) is 8.25. The maximum absolute atomic E-state index is 5.54. The lowest BCUT2D eigenvalue weighted by Crippen LogP contribution is -1.95. The number of hydrogen-bond donors (Lipinski definition) is 1. The molecule has 2 N–H and O–H groups in total. The van der Waals surface area contributed by atoms with Gasteiger partial charge in [-0.1, -0.05) is 12.1 Å². The molecule has 1 aromatic carbocycles. The van der Waals surface area contributed by atoms with E-state index in [1.165, 1.54) is 0 Å². The minimum absolute atomic E-state index is 0.492. The van der Waals surface area contributed by atoms with Crippen molar-refractivity contribution in [2.75, 3.05) is 0 Å². The summed E-state index contributed by atoms with van der Waals surface area (Å²) in [7, 11) is 0. The van der Waals surface area contributed by atoms with Crippen LogP contribution in [0.1, 0.15) is 11.5 Å². The van der Waals surface area contributed by atoms with Crippen molar-refractivity contribution in [3.8, 4) is 0 Å². The summed E-state index contributed by atoms with van der Waals surface area (Å²) in [6, 6.07) is 5.81. The number of fused-ring (bicyclic) bond motifs is 1. The zero-order valence-electron chi connectivity index (χ0n) is 6.87. The summed E-state index contributed by atoms with van der Waals surface area (Å²) in [4.78, 5) is 4.20. The van der Waals surface area contributed by atoms with Crippen LogP contribution in [0.5, 0.6) is 0 Å². The second-order valence-electron chi connectivity index (χ2n) is 2.70. The van der Waals surface area contributed by atoms with Crippen LogP contribution in [-0.4, -0.2) is 4.98 Å². The van der Waals surface area contributed by atoms with E-state index in [2.05, 4.69) is 4.98 Å². The Kier molecular flexibility index (Phi) is 1.59. The summed E-state index contributed by atoms with van der Waals surface area (Å²) in [5.74, 6) is 0.686. The van der Waals surface area contributed by atoms with E-state index >= 15 is 0 Å². The van der Waals surface area contributed by atoms with E-state index in [4.69, 9.17) is 10.2 Å². The largest absolute Gasteiger partial charge is 0.441 e. The van der Waals surface area contributed by atoms with Crippen LogP contribution in [0.2, 0.25) is 0 Å². The predicted octanol–water partition coefficient (Wildman–Crippen LogP) is 1.59. The van der Waals surface area contributed by atoms with Crippen molar-refractivity contribution >= 4 is 11.1 Å². The third kappa shape index (κ3) is 0.987. The van der Waals surface area contributed by atoms with Gasteiger partial charge in [0.15, 0.2) is 11.5 Å². The Balaban J connectivity index is 2.78. The fourth-order valence-corrected chi connectivity index (χ4v) is 1.28. The second-order valence-corrected chi connectivity index (χ2v) is 2.70. The van der Waals surface area contributed by atoms with Crippen LogP contribution in [0, 0.1) is 6.92 Å². The Morgan fingerprint density at radius 1 is 1.50 bits per heavy atom. The van der Waals surface area contributed by atoms with Crippen molar-refractivity contribution in [1.82, 2.24) is 4.98 Å². The van der Waals surface area contributed by atoms with Gasteiger partial charge in [-0.3, -0.25) is 0 Å². The number of nitrogens with two attached hydrogens (primary N) is 1. The molecule has 3 heteroatoms. The van der Waals surface area contributed by atoms with Gasteiger partial charge in [0.2, 0.25) is 0 Å².